The monoisotopic (exact) mass is 296 g/mol. The topological polar surface area (TPSA) is 75.3 Å². The molecule has 2 N–H and O–H groups in total. The maximum Gasteiger partial charge on any atom is 0.335 e. The first-order valence-electron chi connectivity index (χ1n) is 6.63. The minimum Gasteiger partial charge on any atom is -0.478 e. The van der Waals surface area contributed by atoms with Crippen LogP contribution in [0.15, 0.2) is 18.2 Å². The van der Waals surface area contributed by atoms with Gasteiger partial charge in [-0.15, -0.1) is 0 Å². The zero-order valence-electron chi connectivity index (χ0n) is 11.1. The molecule has 1 aliphatic carbocycles. The van der Waals surface area contributed by atoms with Gasteiger partial charge in [-0.05, 0) is 31.0 Å². The highest BCUT2D eigenvalue weighted by molar-refractivity contribution is 5.92. The van der Waals surface area contributed by atoms with Crippen molar-refractivity contribution in [1.82, 2.24) is 9.55 Å². The third-order valence-electron chi connectivity index (χ3n) is 3.59. The summed E-state index contributed by atoms with van der Waals surface area (Å²) in [5.41, 5.74) is 0.888. The Labute approximate surface area is 118 Å². The number of rotatable bonds is 5. The Balaban J connectivity index is 2.14. The molecule has 1 saturated carbocycles. The first-order valence-corrected chi connectivity index (χ1v) is 6.63. The first-order chi connectivity index (χ1) is 9.91. The molecule has 0 saturated heterocycles. The number of aliphatic hydroxyl groups is 1. The molecular formula is C14H14F2N2O3. The van der Waals surface area contributed by atoms with Gasteiger partial charge in [-0.1, -0.05) is 0 Å². The standard InChI is InChI=1S/C14H14F2N2O3/c15-14(16,7-19)6-18-11-5-9(13(20)21)3-4-10(11)17-12(18)8-1-2-8/h3-5,8,19H,1-2,6-7H2,(H,20,21). The Morgan fingerprint density at radius 2 is 2.14 bits per heavy atom. The Morgan fingerprint density at radius 1 is 1.43 bits per heavy atom. The van der Waals surface area contributed by atoms with Gasteiger partial charge in [0.05, 0.1) is 23.1 Å². The fraction of sp³-hybridized carbons (Fsp3) is 0.429. The molecule has 0 spiro atoms. The number of alkyl halides is 2. The number of nitrogens with zero attached hydrogens (tertiary/aromatic N) is 2. The van der Waals surface area contributed by atoms with Gasteiger partial charge in [-0.25, -0.2) is 18.6 Å². The van der Waals surface area contributed by atoms with Crippen molar-refractivity contribution in [2.45, 2.75) is 31.2 Å². The van der Waals surface area contributed by atoms with Gasteiger partial charge in [0.1, 0.15) is 12.4 Å². The van der Waals surface area contributed by atoms with E-state index in [4.69, 9.17) is 10.2 Å². The van der Waals surface area contributed by atoms with Crippen LogP contribution in [0.1, 0.15) is 34.9 Å². The van der Waals surface area contributed by atoms with Crippen LogP contribution in [0.2, 0.25) is 0 Å². The molecule has 1 aliphatic rings. The van der Waals surface area contributed by atoms with Crippen molar-refractivity contribution >= 4 is 17.0 Å². The van der Waals surface area contributed by atoms with Crippen molar-refractivity contribution in [2.75, 3.05) is 6.61 Å². The second-order valence-electron chi connectivity index (χ2n) is 5.35. The summed E-state index contributed by atoms with van der Waals surface area (Å²) in [5, 5.41) is 17.8. The minimum atomic E-state index is -3.27. The van der Waals surface area contributed by atoms with Crippen molar-refractivity contribution in [2.24, 2.45) is 0 Å². The van der Waals surface area contributed by atoms with Gasteiger partial charge in [0, 0.05) is 5.92 Å². The van der Waals surface area contributed by atoms with E-state index in [1.165, 1.54) is 22.8 Å². The highest BCUT2D eigenvalue weighted by Gasteiger charge is 2.35. The van der Waals surface area contributed by atoms with Gasteiger partial charge in [-0.2, -0.15) is 0 Å². The lowest BCUT2D eigenvalue weighted by Crippen LogP contribution is -2.28. The SMILES string of the molecule is O=C(O)c1ccc2nc(C3CC3)n(CC(F)(F)CO)c2c1. The number of hydrogen-bond acceptors (Lipinski definition) is 3. The van der Waals surface area contributed by atoms with Crippen molar-refractivity contribution in [1.29, 1.82) is 0 Å². The normalized spacial score (nSPS) is 15.6. The fourth-order valence-corrected chi connectivity index (χ4v) is 2.38. The maximum atomic E-state index is 13.6. The van der Waals surface area contributed by atoms with Crippen LogP contribution in [0.4, 0.5) is 8.78 Å². The fourth-order valence-electron chi connectivity index (χ4n) is 2.38. The zero-order chi connectivity index (χ0) is 15.2. The van der Waals surface area contributed by atoms with Crippen molar-refractivity contribution < 1.29 is 23.8 Å². The zero-order valence-corrected chi connectivity index (χ0v) is 11.1. The van der Waals surface area contributed by atoms with Gasteiger partial charge in [-0.3, -0.25) is 0 Å². The molecule has 0 aliphatic heterocycles. The van der Waals surface area contributed by atoms with E-state index in [0.29, 0.717) is 16.9 Å². The van der Waals surface area contributed by atoms with Gasteiger partial charge >= 0.3 is 5.97 Å². The van der Waals surface area contributed by atoms with Gasteiger partial charge in [0.2, 0.25) is 0 Å². The predicted molar refractivity (Wildman–Crippen MR) is 70.7 cm³/mol. The number of carboxylic acids is 1. The van der Waals surface area contributed by atoms with E-state index < -0.39 is 25.0 Å². The molecule has 21 heavy (non-hydrogen) atoms. The molecule has 3 rings (SSSR count). The molecule has 0 unspecified atom stereocenters. The van der Waals surface area contributed by atoms with Crippen LogP contribution in [-0.4, -0.2) is 38.3 Å². The van der Waals surface area contributed by atoms with E-state index in [1.807, 2.05) is 0 Å². The molecule has 1 aromatic heterocycles. The van der Waals surface area contributed by atoms with Gasteiger partial charge < -0.3 is 14.8 Å². The molecular weight excluding hydrogens is 282 g/mol. The third kappa shape index (κ3) is 2.61. The lowest BCUT2D eigenvalue weighted by atomic mass is 10.2. The summed E-state index contributed by atoms with van der Waals surface area (Å²) < 4.78 is 28.4. The molecule has 1 fully saturated rings. The van der Waals surface area contributed by atoms with E-state index >= 15 is 0 Å². The molecule has 112 valence electrons. The summed E-state index contributed by atoms with van der Waals surface area (Å²) in [7, 11) is 0. The van der Waals surface area contributed by atoms with E-state index in [-0.39, 0.29) is 11.5 Å². The number of imidazole rings is 1. The Kier molecular flexibility index (Phi) is 3.16. The largest absolute Gasteiger partial charge is 0.478 e. The van der Waals surface area contributed by atoms with E-state index in [1.54, 1.807) is 0 Å². The van der Waals surface area contributed by atoms with Crippen molar-refractivity contribution in [3.05, 3.63) is 29.6 Å². The number of aliphatic hydroxyl groups excluding tert-OH is 1. The van der Waals surface area contributed by atoms with E-state index in [2.05, 4.69) is 4.98 Å². The van der Waals surface area contributed by atoms with Crippen LogP contribution < -0.4 is 0 Å². The molecule has 0 amide bonds. The Morgan fingerprint density at radius 3 is 2.71 bits per heavy atom. The van der Waals surface area contributed by atoms with Crippen LogP contribution in [0.5, 0.6) is 0 Å². The minimum absolute atomic E-state index is 0.0262. The lowest BCUT2D eigenvalue weighted by Gasteiger charge is -2.16. The molecule has 5 nitrogen and oxygen atoms in total. The second-order valence-corrected chi connectivity index (χ2v) is 5.35. The number of hydrogen-bond donors (Lipinski definition) is 2. The summed E-state index contributed by atoms with van der Waals surface area (Å²) >= 11 is 0. The van der Waals surface area contributed by atoms with Gasteiger partial charge in [0.15, 0.2) is 0 Å². The number of benzene rings is 1. The van der Waals surface area contributed by atoms with Gasteiger partial charge in [0.25, 0.3) is 5.92 Å². The number of fused-ring (bicyclic) bond motifs is 1. The number of carbonyl (C=O) groups is 1. The van der Waals surface area contributed by atoms with Crippen molar-refractivity contribution in [3.8, 4) is 0 Å². The predicted octanol–water partition coefficient (Wildman–Crippen LogP) is 2.24. The number of aromatic nitrogens is 2. The molecule has 0 atom stereocenters. The average molecular weight is 296 g/mol. The highest BCUT2D eigenvalue weighted by Crippen LogP contribution is 2.41. The molecule has 7 heteroatoms. The first kappa shape index (κ1) is 13.9. The Hall–Kier alpha value is -2.02. The Bertz CT molecular complexity index is 708. The summed E-state index contributed by atoms with van der Waals surface area (Å²) in [6, 6.07) is 4.28. The van der Waals surface area contributed by atoms with Crippen LogP contribution in [0.3, 0.4) is 0 Å². The highest BCUT2D eigenvalue weighted by atomic mass is 19.3. The molecule has 0 radical (unpaired) electrons. The van der Waals surface area contributed by atoms with Crippen LogP contribution in [0, 0.1) is 0 Å². The third-order valence-corrected chi connectivity index (χ3v) is 3.59. The van der Waals surface area contributed by atoms with Crippen LogP contribution in [-0.2, 0) is 6.54 Å². The number of carboxylic acid groups (broad SMARTS) is 1. The quantitative estimate of drug-likeness (QED) is 0.887. The smallest absolute Gasteiger partial charge is 0.335 e. The summed E-state index contributed by atoms with van der Waals surface area (Å²) in [6.45, 7) is -1.95. The molecule has 1 aromatic carbocycles. The summed E-state index contributed by atoms with van der Waals surface area (Å²) in [6.07, 6.45) is 1.78. The molecule has 0 bridgehead atoms. The van der Waals surface area contributed by atoms with Crippen molar-refractivity contribution in [3.63, 3.8) is 0 Å². The number of halogens is 2. The maximum absolute atomic E-state index is 13.6. The molecule has 2 aromatic rings. The summed E-state index contributed by atoms with van der Waals surface area (Å²) in [4.78, 5) is 15.4. The van der Waals surface area contributed by atoms with E-state index in [0.717, 1.165) is 12.8 Å². The summed E-state index contributed by atoms with van der Waals surface area (Å²) in [5.74, 6) is -3.70. The van der Waals surface area contributed by atoms with Crippen LogP contribution in [0.25, 0.3) is 11.0 Å². The van der Waals surface area contributed by atoms with E-state index in [9.17, 15) is 13.6 Å². The average Bonchev–Trinajstić information content (AvgIpc) is 3.22. The van der Waals surface area contributed by atoms with Crippen LogP contribution >= 0.6 is 0 Å². The second kappa shape index (κ2) is 4.77. The lowest BCUT2D eigenvalue weighted by molar-refractivity contribution is -0.0626. The molecule has 1 heterocycles. The number of aromatic carboxylic acids is 1.